The predicted molar refractivity (Wildman–Crippen MR) is 109 cm³/mol. The van der Waals surface area contributed by atoms with Crippen LogP contribution in [0.25, 0.3) is 0 Å². The van der Waals surface area contributed by atoms with Crippen molar-refractivity contribution in [3.05, 3.63) is 12.7 Å². The van der Waals surface area contributed by atoms with Crippen molar-refractivity contribution in [1.29, 1.82) is 0 Å². The van der Waals surface area contributed by atoms with E-state index < -0.39 is 0 Å². The standard InChI is InChI=1S/C20H40N2O.ClH/c1-4-20(23)21-18-16-14-12-10-8-6-5-7-9-11-13-15-17-19-22(2)3;/h4H,1,5-19H2,2-3H3,(H,21,23);1H. The molecule has 0 aromatic rings. The number of nitrogens with zero attached hydrogens (tertiary/aromatic N) is 1. The summed E-state index contributed by atoms with van der Waals surface area (Å²) in [6.45, 7) is 5.47. The molecule has 1 N–H and O–H groups in total. The normalized spacial score (nSPS) is 10.5. The van der Waals surface area contributed by atoms with Gasteiger partial charge in [0.05, 0.1) is 0 Å². The molecule has 24 heavy (non-hydrogen) atoms. The molecule has 3 nitrogen and oxygen atoms in total. The number of rotatable bonds is 17. The average molecular weight is 361 g/mol. The minimum absolute atomic E-state index is 0. The van der Waals surface area contributed by atoms with Crippen LogP contribution >= 0.6 is 12.4 Å². The van der Waals surface area contributed by atoms with Crippen molar-refractivity contribution in [2.75, 3.05) is 27.2 Å². The molecule has 1 amide bonds. The van der Waals surface area contributed by atoms with Gasteiger partial charge >= 0.3 is 0 Å². The molecule has 144 valence electrons. The van der Waals surface area contributed by atoms with Crippen LogP contribution in [0.3, 0.4) is 0 Å². The van der Waals surface area contributed by atoms with E-state index in [2.05, 4.69) is 30.9 Å². The zero-order chi connectivity index (χ0) is 17.2. The van der Waals surface area contributed by atoms with Crippen LogP contribution in [0.15, 0.2) is 12.7 Å². The second kappa shape index (κ2) is 20.5. The summed E-state index contributed by atoms with van der Waals surface area (Å²) in [5.41, 5.74) is 0. The van der Waals surface area contributed by atoms with Crippen molar-refractivity contribution in [3.8, 4) is 0 Å². The number of nitrogens with one attached hydrogen (secondary N) is 1. The van der Waals surface area contributed by atoms with Gasteiger partial charge in [-0.25, -0.2) is 0 Å². The predicted octanol–water partition coefficient (Wildman–Crippen LogP) is 5.34. The van der Waals surface area contributed by atoms with E-state index in [0.717, 1.165) is 13.0 Å². The Morgan fingerprint density at radius 3 is 1.54 bits per heavy atom. The molecule has 0 aliphatic carbocycles. The zero-order valence-corrected chi connectivity index (χ0v) is 17.0. The van der Waals surface area contributed by atoms with Gasteiger partial charge in [-0.2, -0.15) is 0 Å². The fraction of sp³-hybridized carbons (Fsp3) is 0.850. The first-order chi connectivity index (χ1) is 11.2. The lowest BCUT2D eigenvalue weighted by atomic mass is 10.0. The highest BCUT2D eigenvalue weighted by Gasteiger charge is 1.96. The fourth-order valence-corrected chi connectivity index (χ4v) is 2.78. The first-order valence-corrected chi connectivity index (χ1v) is 9.72. The summed E-state index contributed by atoms with van der Waals surface area (Å²) < 4.78 is 0. The fourth-order valence-electron chi connectivity index (χ4n) is 2.78. The minimum atomic E-state index is -0.0531. The Labute approximate surface area is 157 Å². The second-order valence-electron chi connectivity index (χ2n) is 6.89. The number of hydrogen-bond donors (Lipinski definition) is 1. The largest absolute Gasteiger partial charge is 0.353 e. The van der Waals surface area contributed by atoms with E-state index in [9.17, 15) is 4.79 Å². The van der Waals surface area contributed by atoms with Crippen molar-refractivity contribution in [2.45, 2.75) is 83.5 Å². The van der Waals surface area contributed by atoms with E-state index >= 15 is 0 Å². The highest BCUT2D eigenvalue weighted by Crippen LogP contribution is 2.12. The number of carbonyl (C=O) groups excluding carboxylic acids is 1. The third kappa shape index (κ3) is 21.5. The molecule has 0 aliphatic heterocycles. The molecule has 0 aromatic heterocycles. The van der Waals surface area contributed by atoms with Crippen molar-refractivity contribution in [3.63, 3.8) is 0 Å². The van der Waals surface area contributed by atoms with Crippen LogP contribution in [0, 0.1) is 0 Å². The van der Waals surface area contributed by atoms with Crippen molar-refractivity contribution in [1.82, 2.24) is 10.2 Å². The Bertz CT molecular complexity index is 283. The molecule has 0 atom stereocenters. The first kappa shape index (κ1) is 25.7. The van der Waals surface area contributed by atoms with Crippen molar-refractivity contribution < 1.29 is 4.79 Å². The summed E-state index contributed by atoms with van der Waals surface area (Å²) in [6.07, 6.45) is 18.9. The van der Waals surface area contributed by atoms with Crippen molar-refractivity contribution in [2.24, 2.45) is 0 Å². The highest BCUT2D eigenvalue weighted by atomic mass is 35.5. The van der Waals surface area contributed by atoms with Crippen LogP contribution in [0.2, 0.25) is 0 Å². The zero-order valence-electron chi connectivity index (χ0n) is 16.2. The number of carbonyl (C=O) groups is 1. The summed E-state index contributed by atoms with van der Waals surface area (Å²) in [5.74, 6) is -0.0531. The van der Waals surface area contributed by atoms with Crippen LogP contribution in [0.1, 0.15) is 83.5 Å². The number of unbranched alkanes of at least 4 members (excludes halogenated alkanes) is 12. The average Bonchev–Trinajstić information content (AvgIpc) is 2.53. The smallest absolute Gasteiger partial charge is 0.243 e. The Kier molecular flexibility index (Phi) is 22.0. The number of amides is 1. The van der Waals surface area contributed by atoms with E-state index in [4.69, 9.17) is 0 Å². The van der Waals surface area contributed by atoms with Gasteiger partial charge in [-0.05, 0) is 39.6 Å². The molecule has 0 aromatic carbocycles. The molecule has 0 saturated heterocycles. The van der Waals surface area contributed by atoms with Gasteiger partial charge in [-0.1, -0.05) is 77.2 Å². The van der Waals surface area contributed by atoms with Gasteiger partial charge in [-0.3, -0.25) is 4.79 Å². The third-order valence-corrected chi connectivity index (χ3v) is 4.27. The van der Waals surface area contributed by atoms with Gasteiger partial charge in [0.25, 0.3) is 0 Å². The monoisotopic (exact) mass is 360 g/mol. The Hall–Kier alpha value is -0.540. The summed E-state index contributed by atoms with van der Waals surface area (Å²) in [6, 6.07) is 0. The van der Waals surface area contributed by atoms with Gasteiger partial charge in [0.1, 0.15) is 0 Å². The maximum absolute atomic E-state index is 10.9. The molecule has 0 fully saturated rings. The topological polar surface area (TPSA) is 32.3 Å². The molecule has 0 aliphatic rings. The van der Waals surface area contributed by atoms with E-state index in [1.54, 1.807) is 0 Å². The molecule has 0 rings (SSSR count). The van der Waals surface area contributed by atoms with E-state index in [1.807, 2.05) is 0 Å². The van der Waals surface area contributed by atoms with Crippen LogP contribution < -0.4 is 5.32 Å². The summed E-state index contributed by atoms with van der Waals surface area (Å²) >= 11 is 0. The van der Waals surface area contributed by atoms with Crippen LogP contribution in [-0.4, -0.2) is 38.0 Å². The van der Waals surface area contributed by atoms with Crippen molar-refractivity contribution >= 4 is 18.3 Å². The van der Waals surface area contributed by atoms with E-state index in [-0.39, 0.29) is 18.3 Å². The summed E-state index contributed by atoms with van der Waals surface area (Å²) in [4.78, 5) is 13.2. The number of halogens is 1. The third-order valence-electron chi connectivity index (χ3n) is 4.27. The Balaban J connectivity index is 0. The lowest BCUT2D eigenvalue weighted by molar-refractivity contribution is -0.116. The molecule has 0 spiro atoms. The van der Waals surface area contributed by atoms with Gasteiger partial charge in [0.15, 0.2) is 0 Å². The molecular weight excluding hydrogens is 320 g/mol. The highest BCUT2D eigenvalue weighted by molar-refractivity contribution is 5.86. The lowest BCUT2D eigenvalue weighted by Crippen LogP contribution is -2.21. The lowest BCUT2D eigenvalue weighted by Gasteiger charge is -2.08. The molecule has 0 unspecified atom stereocenters. The van der Waals surface area contributed by atoms with E-state index in [0.29, 0.717) is 0 Å². The van der Waals surface area contributed by atoms with Gasteiger partial charge < -0.3 is 10.2 Å². The Morgan fingerprint density at radius 1 is 0.792 bits per heavy atom. The summed E-state index contributed by atoms with van der Waals surface area (Å²) in [7, 11) is 4.31. The van der Waals surface area contributed by atoms with Crippen LogP contribution in [0.5, 0.6) is 0 Å². The minimum Gasteiger partial charge on any atom is -0.353 e. The van der Waals surface area contributed by atoms with E-state index in [1.165, 1.54) is 89.7 Å². The second-order valence-corrected chi connectivity index (χ2v) is 6.89. The van der Waals surface area contributed by atoms with Gasteiger partial charge in [0, 0.05) is 6.54 Å². The molecule has 0 bridgehead atoms. The maximum Gasteiger partial charge on any atom is 0.243 e. The van der Waals surface area contributed by atoms with Gasteiger partial charge in [0.2, 0.25) is 5.91 Å². The van der Waals surface area contributed by atoms with Gasteiger partial charge in [-0.15, -0.1) is 12.4 Å². The van der Waals surface area contributed by atoms with Crippen LogP contribution in [0.4, 0.5) is 0 Å². The SMILES string of the molecule is C=CC(=O)NCCCCCCCCCCCCCCCN(C)C.Cl. The van der Waals surface area contributed by atoms with Crippen LogP contribution in [-0.2, 0) is 4.79 Å². The number of hydrogen-bond acceptors (Lipinski definition) is 2. The Morgan fingerprint density at radius 2 is 1.17 bits per heavy atom. The molecule has 0 saturated carbocycles. The molecular formula is C20H41ClN2O. The molecule has 4 heteroatoms. The first-order valence-electron chi connectivity index (χ1n) is 9.72. The summed E-state index contributed by atoms with van der Waals surface area (Å²) in [5, 5.41) is 2.82. The molecule has 0 radical (unpaired) electrons. The quantitative estimate of drug-likeness (QED) is 0.280. The molecule has 0 heterocycles. The maximum atomic E-state index is 10.9.